The highest BCUT2D eigenvalue weighted by Crippen LogP contribution is 1.96. The zero-order valence-electron chi connectivity index (χ0n) is 7.09. The van der Waals surface area contributed by atoms with Gasteiger partial charge < -0.3 is 0 Å². The van der Waals surface area contributed by atoms with Gasteiger partial charge in [0.15, 0.2) is 0 Å². The lowest BCUT2D eigenvalue weighted by Crippen LogP contribution is -2.36. The van der Waals surface area contributed by atoms with Gasteiger partial charge in [0.1, 0.15) is 0 Å². The highest BCUT2D eigenvalue weighted by atomic mass is 32.2. The van der Waals surface area contributed by atoms with E-state index in [0.29, 0.717) is 6.54 Å². The van der Waals surface area contributed by atoms with Crippen LogP contribution in [0, 0.1) is 0 Å². The highest BCUT2D eigenvalue weighted by Gasteiger charge is 2.13. The molecule has 0 unspecified atom stereocenters. The van der Waals surface area contributed by atoms with Gasteiger partial charge in [-0.3, -0.25) is 0 Å². The van der Waals surface area contributed by atoms with Crippen LogP contribution in [-0.4, -0.2) is 33.4 Å². The Morgan fingerprint density at radius 3 is 2.36 bits per heavy atom. The lowest BCUT2D eigenvalue weighted by molar-refractivity contribution is 0.485. The molecule has 0 spiro atoms. The summed E-state index contributed by atoms with van der Waals surface area (Å²) in [7, 11) is -0.391. The fourth-order valence-corrected chi connectivity index (χ4v) is 1.32. The second-order valence-corrected chi connectivity index (χ2v) is 4.40. The minimum Gasteiger partial charge on any atom is -0.205 e. The maximum Gasteiger partial charge on any atom is 0.279 e. The highest BCUT2D eigenvalue weighted by molar-refractivity contribution is 7.87. The van der Waals surface area contributed by atoms with Gasteiger partial charge in [0.25, 0.3) is 10.2 Å². The van der Waals surface area contributed by atoms with E-state index < -0.39 is 10.2 Å². The molecule has 11 heavy (non-hydrogen) atoms. The average Bonchev–Trinajstić information content (AvgIpc) is 1.86. The molecule has 0 radical (unpaired) electrons. The predicted molar refractivity (Wildman–Crippen MR) is 45.4 cm³/mol. The summed E-state index contributed by atoms with van der Waals surface area (Å²) in [5, 5.41) is 0. The Balaban J connectivity index is 4.26. The third-order valence-electron chi connectivity index (χ3n) is 1.16. The normalized spacial score (nSPS) is 12.0. The van der Waals surface area contributed by atoms with E-state index in [1.54, 1.807) is 6.92 Å². The van der Waals surface area contributed by atoms with Crippen molar-refractivity contribution >= 4 is 10.2 Å². The molecule has 0 amide bonds. The number of likely N-dealkylation sites (N-methyl/N-ethyl adjacent to an activating group) is 1. The van der Waals surface area contributed by atoms with Crippen molar-refractivity contribution in [3.8, 4) is 0 Å². The van der Waals surface area contributed by atoms with E-state index in [-0.39, 0.29) is 0 Å². The Morgan fingerprint density at radius 2 is 2.09 bits per heavy atom. The molecule has 5 heteroatoms. The Labute approximate surface area is 68.1 Å². The Bertz CT molecular complexity index is 233. The third kappa shape index (κ3) is 3.50. The molecule has 0 fully saturated rings. The van der Waals surface area contributed by atoms with Gasteiger partial charge in [-0.05, 0) is 6.92 Å². The monoisotopic (exact) mass is 178 g/mol. The third-order valence-corrected chi connectivity index (χ3v) is 2.63. The number of nitrogens with one attached hydrogen (secondary N) is 1. The summed E-state index contributed by atoms with van der Waals surface area (Å²) in [6.07, 6.45) is 0. The maximum absolute atomic E-state index is 11.0. The van der Waals surface area contributed by atoms with Gasteiger partial charge in [0, 0.05) is 20.6 Å². The zero-order chi connectivity index (χ0) is 9.07. The van der Waals surface area contributed by atoms with Gasteiger partial charge in [-0.15, -0.1) is 0 Å². The van der Waals surface area contributed by atoms with E-state index >= 15 is 0 Å². The number of rotatable bonds is 4. The number of hydrogen-bond acceptors (Lipinski definition) is 2. The van der Waals surface area contributed by atoms with Crippen LogP contribution in [-0.2, 0) is 10.2 Å². The van der Waals surface area contributed by atoms with Crippen molar-refractivity contribution in [2.24, 2.45) is 0 Å². The molecule has 0 rings (SSSR count). The number of nitrogens with zero attached hydrogens (tertiary/aromatic N) is 1. The van der Waals surface area contributed by atoms with Crippen molar-refractivity contribution in [2.45, 2.75) is 6.92 Å². The van der Waals surface area contributed by atoms with E-state index in [4.69, 9.17) is 0 Å². The first kappa shape index (κ1) is 10.6. The molecule has 0 aliphatic heterocycles. The second kappa shape index (κ2) is 3.85. The molecule has 0 aromatic carbocycles. The Hall–Kier alpha value is -0.390. The fourth-order valence-electron chi connectivity index (χ4n) is 0.621. The van der Waals surface area contributed by atoms with Crippen molar-refractivity contribution in [1.29, 1.82) is 0 Å². The van der Waals surface area contributed by atoms with E-state index in [2.05, 4.69) is 11.3 Å². The smallest absolute Gasteiger partial charge is 0.205 e. The SMILES string of the molecule is C=C(C)CN(C)S(=O)(=O)NC. The second-order valence-electron chi connectivity index (χ2n) is 2.42. The molecule has 0 aliphatic carbocycles. The zero-order valence-corrected chi connectivity index (χ0v) is 7.90. The molecule has 0 heterocycles. The van der Waals surface area contributed by atoms with Crippen molar-refractivity contribution in [2.75, 3.05) is 20.6 Å². The van der Waals surface area contributed by atoms with E-state index in [1.165, 1.54) is 18.4 Å². The first-order valence-electron chi connectivity index (χ1n) is 3.19. The van der Waals surface area contributed by atoms with Crippen LogP contribution in [0.25, 0.3) is 0 Å². The molecule has 0 atom stereocenters. The van der Waals surface area contributed by atoms with Crippen molar-refractivity contribution < 1.29 is 8.42 Å². The van der Waals surface area contributed by atoms with Crippen molar-refractivity contribution in [3.05, 3.63) is 12.2 Å². The van der Waals surface area contributed by atoms with Crippen LogP contribution in [0.2, 0.25) is 0 Å². The topological polar surface area (TPSA) is 49.4 Å². The van der Waals surface area contributed by atoms with Crippen LogP contribution in [0.1, 0.15) is 6.92 Å². The number of hydrogen-bond donors (Lipinski definition) is 1. The van der Waals surface area contributed by atoms with E-state index in [1.807, 2.05) is 0 Å². The quantitative estimate of drug-likeness (QED) is 0.614. The molecule has 0 aliphatic rings. The van der Waals surface area contributed by atoms with Gasteiger partial charge in [-0.2, -0.15) is 12.7 Å². The lowest BCUT2D eigenvalue weighted by Gasteiger charge is -2.15. The Kier molecular flexibility index (Phi) is 3.71. The molecule has 0 saturated heterocycles. The summed E-state index contributed by atoms with van der Waals surface area (Å²) in [6.45, 7) is 5.74. The molecule has 0 bridgehead atoms. The van der Waals surface area contributed by atoms with Crippen LogP contribution in [0.5, 0.6) is 0 Å². The summed E-state index contributed by atoms with van der Waals surface area (Å²) in [6, 6.07) is 0. The van der Waals surface area contributed by atoms with E-state index in [9.17, 15) is 8.42 Å². The standard InChI is InChI=1S/C6H14N2O2S/c1-6(2)5-8(4)11(9,10)7-3/h7H,1,5H2,2-4H3. The molecule has 0 saturated carbocycles. The minimum absolute atomic E-state index is 0.350. The summed E-state index contributed by atoms with van der Waals surface area (Å²) < 4.78 is 25.4. The Morgan fingerprint density at radius 1 is 1.64 bits per heavy atom. The van der Waals surface area contributed by atoms with Crippen molar-refractivity contribution in [1.82, 2.24) is 9.03 Å². The van der Waals surface area contributed by atoms with Gasteiger partial charge in [0.05, 0.1) is 0 Å². The predicted octanol–water partition coefficient (Wildman–Crippen LogP) is -0.0415. The van der Waals surface area contributed by atoms with Crippen LogP contribution >= 0.6 is 0 Å². The lowest BCUT2D eigenvalue weighted by atomic mass is 10.4. The maximum atomic E-state index is 11.0. The van der Waals surface area contributed by atoms with Crippen LogP contribution in [0.4, 0.5) is 0 Å². The van der Waals surface area contributed by atoms with Crippen LogP contribution in [0.15, 0.2) is 12.2 Å². The fraction of sp³-hybridized carbons (Fsp3) is 0.667. The van der Waals surface area contributed by atoms with Gasteiger partial charge in [0.2, 0.25) is 0 Å². The first-order chi connectivity index (χ1) is 4.90. The van der Waals surface area contributed by atoms with Gasteiger partial charge in [-0.25, -0.2) is 4.72 Å². The summed E-state index contributed by atoms with van der Waals surface area (Å²) in [5.74, 6) is 0. The molecule has 0 aromatic rings. The van der Waals surface area contributed by atoms with Gasteiger partial charge >= 0.3 is 0 Å². The molecular weight excluding hydrogens is 164 g/mol. The summed E-state index contributed by atoms with van der Waals surface area (Å²) in [5.41, 5.74) is 0.811. The average molecular weight is 178 g/mol. The van der Waals surface area contributed by atoms with Crippen molar-refractivity contribution in [3.63, 3.8) is 0 Å². The van der Waals surface area contributed by atoms with E-state index in [0.717, 1.165) is 5.57 Å². The van der Waals surface area contributed by atoms with Crippen LogP contribution < -0.4 is 4.72 Å². The largest absolute Gasteiger partial charge is 0.279 e. The summed E-state index contributed by atoms with van der Waals surface area (Å²) >= 11 is 0. The molecular formula is C6H14N2O2S. The van der Waals surface area contributed by atoms with Crippen LogP contribution in [0.3, 0.4) is 0 Å². The summed E-state index contributed by atoms with van der Waals surface area (Å²) in [4.78, 5) is 0. The molecule has 66 valence electrons. The van der Waals surface area contributed by atoms with Gasteiger partial charge in [-0.1, -0.05) is 12.2 Å². The molecule has 0 aromatic heterocycles. The minimum atomic E-state index is -3.27. The molecule has 4 nitrogen and oxygen atoms in total. The molecule has 1 N–H and O–H groups in total. The first-order valence-corrected chi connectivity index (χ1v) is 4.63.